The maximum Gasteiger partial charge on any atom is 0.0733 e. The quantitative estimate of drug-likeness (QED) is 0.127. The summed E-state index contributed by atoms with van der Waals surface area (Å²) < 4.78 is 0. The zero-order valence-electron chi connectivity index (χ0n) is 47.1. The third-order valence-electron chi connectivity index (χ3n) is 17.8. The zero-order valence-corrected chi connectivity index (χ0v) is 47.1. The maximum atomic E-state index is 2.49. The lowest BCUT2D eigenvalue weighted by atomic mass is 9.63. The van der Waals surface area contributed by atoms with E-state index < -0.39 is 5.41 Å². The van der Waals surface area contributed by atoms with Crippen molar-refractivity contribution in [2.45, 2.75) is 24.7 Å². The molecule has 398 valence electrons. The van der Waals surface area contributed by atoms with Crippen molar-refractivity contribution in [3.63, 3.8) is 0 Å². The highest BCUT2D eigenvalue weighted by Gasteiger charge is 2.46. The maximum absolute atomic E-state index is 2.49. The van der Waals surface area contributed by atoms with Gasteiger partial charge in [-0.05, 0) is 167 Å². The Morgan fingerprint density at radius 2 is 0.571 bits per heavy atom. The lowest BCUT2D eigenvalue weighted by molar-refractivity contribution is 0.660. The first kappa shape index (κ1) is 50.4. The van der Waals surface area contributed by atoms with Crippen LogP contribution in [-0.4, -0.2) is 0 Å². The topological polar surface area (TPSA) is 6.48 Å². The van der Waals surface area contributed by atoms with Gasteiger partial charge in [-0.2, -0.15) is 0 Å². The van der Waals surface area contributed by atoms with Crippen molar-refractivity contribution in [2.24, 2.45) is 0 Å². The second-order valence-electron chi connectivity index (χ2n) is 22.8. The van der Waals surface area contributed by atoms with E-state index in [9.17, 15) is 0 Å². The number of nitrogens with zero attached hydrogens (tertiary/aromatic N) is 2. The first-order valence-electron chi connectivity index (χ1n) is 29.2. The molecule has 84 heavy (non-hydrogen) atoms. The molecule has 0 N–H and O–H groups in total. The molecule has 13 aromatic rings. The fourth-order valence-electron chi connectivity index (χ4n) is 13.8. The van der Waals surface area contributed by atoms with Crippen LogP contribution in [0, 0.1) is 0 Å². The van der Waals surface area contributed by atoms with Crippen LogP contribution in [0.1, 0.15) is 47.2 Å². The molecule has 2 heteroatoms. The molecule has 0 saturated carbocycles. The molecule has 15 rings (SSSR count). The summed E-state index contributed by atoms with van der Waals surface area (Å²) in [4.78, 5) is 4.94. The van der Waals surface area contributed by atoms with Gasteiger partial charge in [-0.3, -0.25) is 0 Å². The van der Waals surface area contributed by atoms with Crippen LogP contribution in [0.3, 0.4) is 0 Å². The van der Waals surface area contributed by atoms with Crippen LogP contribution in [-0.2, 0) is 10.8 Å². The van der Waals surface area contributed by atoms with Gasteiger partial charge in [-0.25, -0.2) is 0 Å². The summed E-state index contributed by atoms with van der Waals surface area (Å²) in [6, 6.07) is 121. The molecule has 0 saturated heterocycles. The van der Waals surface area contributed by atoms with Gasteiger partial charge in [0.05, 0.1) is 11.1 Å². The zero-order chi connectivity index (χ0) is 56.2. The molecule has 0 unspecified atom stereocenters. The number of fused-ring (bicyclic) bond motifs is 8. The van der Waals surface area contributed by atoms with E-state index in [2.05, 4.69) is 351 Å². The molecule has 0 amide bonds. The Labute approximate surface area is 493 Å². The minimum Gasteiger partial charge on any atom is -0.310 e. The predicted molar refractivity (Wildman–Crippen MR) is 352 cm³/mol. The van der Waals surface area contributed by atoms with Gasteiger partial charge < -0.3 is 9.80 Å². The molecule has 13 aromatic carbocycles. The van der Waals surface area contributed by atoms with Crippen molar-refractivity contribution in [1.29, 1.82) is 0 Å². The van der Waals surface area contributed by atoms with E-state index in [1.807, 2.05) is 0 Å². The number of hydrogen-bond acceptors (Lipinski definition) is 2. The van der Waals surface area contributed by atoms with Crippen molar-refractivity contribution in [3.05, 3.63) is 361 Å². The average Bonchev–Trinajstić information content (AvgIpc) is 1.67. The Bertz CT molecular complexity index is 4480. The van der Waals surface area contributed by atoms with Crippen molar-refractivity contribution >= 4 is 34.1 Å². The normalized spacial score (nSPS) is 13.1. The molecule has 0 aliphatic heterocycles. The summed E-state index contributed by atoms with van der Waals surface area (Å²) in [5, 5.41) is 0. The van der Waals surface area contributed by atoms with Crippen LogP contribution in [0.5, 0.6) is 0 Å². The largest absolute Gasteiger partial charge is 0.310 e. The molecular weight excluding hydrogens is 1010 g/mol. The van der Waals surface area contributed by atoms with E-state index in [1.54, 1.807) is 0 Å². The van der Waals surface area contributed by atoms with Gasteiger partial charge in [0.2, 0.25) is 0 Å². The third-order valence-corrected chi connectivity index (χ3v) is 17.8. The standard InChI is InChI=1S/C82H60N2/c1-81(2)75-36-17-14-35-73(75)74-54-53-68(56-79(74)81)83(64-47-41-60(42-48-64)57-23-6-3-7-24-57)65-51-45-63(46-52-65)82(76-37-18-15-33-71(76)69-31-12-13-32-70(69)72-34-16-19-38-77(72)82)78-39-20-21-40-80(78)84(66-49-43-61(44-50-66)58-25-8-4-9-26-58)67-30-22-29-62(55-67)59-27-10-5-11-28-59/h3-56H,1-2H3. The van der Waals surface area contributed by atoms with Crippen molar-refractivity contribution in [3.8, 4) is 66.8 Å². The summed E-state index contributed by atoms with van der Waals surface area (Å²) in [5.41, 5.74) is 27.4. The third kappa shape index (κ3) is 8.40. The fourth-order valence-corrected chi connectivity index (χ4v) is 13.8. The van der Waals surface area contributed by atoms with Crippen molar-refractivity contribution in [1.82, 2.24) is 0 Å². The summed E-state index contributed by atoms with van der Waals surface area (Å²) in [6.07, 6.45) is 0. The number of para-hydroxylation sites is 1. The van der Waals surface area contributed by atoms with Crippen molar-refractivity contribution < 1.29 is 0 Å². The summed E-state index contributed by atoms with van der Waals surface area (Å²) in [5.74, 6) is 0. The van der Waals surface area contributed by atoms with Gasteiger partial charge in [0.25, 0.3) is 0 Å². The van der Waals surface area contributed by atoms with Crippen LogP contribution >= 0.6 is 0 Å². The molecule has 0 atom stereocenters. The minimum absolute atomic E-state index is 0.174. The van der Waals surface area contributed by atoms with E-state index in [0.29, 0.717) is 0 Å². The number of benzene rings is 13. The fraction of sp³-hybridized carbons (Fsp3) is 0.0488. The molecule has 2 aliphatic rings. The lowest BCUT2D eigenvalue weighted by Gasteiger charge is -2.41. The summed E-state index contributed by atoms with van der Waals surface area (Å²) in [6.45, 7) is 4.74. The van der Waals surface area contributed by atoms with E-state index in [1.165, 1.54) is 83.5 Å². The van der Waals surface area contributed by atoms with Gasteiger partial charge in [0.1, 0.15) is 0 Å². The van der Waals surface area contributed by atoms with Crippen LogP contribution in [0.2, 0.25) is 0 Å². The Hall–Kier alpha value is -10.5. The van der Waals surface area contributed by atoms with E-state index in [4.69, 9.17) is 0 Å². The van der Waals surface area contributed by atoms with Crippen LogP contribution < -0.4 is 9.80 Å². The molecule has 0 spiro atoms. The monoisotopic (exact) mass is 1070 g/mol. The Kier molecular flexibility index (Phi) is 12.5. The van der Waals surface area contributed by atoms with Gasteiger partial charge in [0, 0.05) is 33.9 Å². The van der Waals surface area contributed by atoms with Gasteiger partial charge in [0.15, 0.2) is 0 Å². The number of anilines is 6. The molecule has 2 nitrogen and oxygen atoms in total. The summed E-state index contributed by atoms with van der Waals surface area (Å²) in [7, 11) is 0. The molecule has 0 aromatic heterocycles. The number of hydrogen-bond donors (Lipinski definition) is 0. The van der Waals surface area contributed by atoms with Gasteiger partial charge >= 0.3 is 0 Å². The first-order valence-corrected chi connectivity index (χ1v) is 29.2. The smallest absolute Gasteiger partial charge is 0.0733 e. The second kappa shape index (κ2) is 20.8. The molecule has 0 heterocycles. The van der Waals surface area contributed by atoms with Crippen molar-refractivity contribution in [2.75, 3.05) is 9.80 Å². The average molecular weight is 1070 g/mol. The SMILES string of the molecule is CC1(C)c2ccccc2-c2ccc(N(c3ccc(-c4ccccc4)cc3)c3ccc(C4(c5ccccc5N(c5ccc(-c6ccccc6)cc5)c5cccc(-c6ccccc6)c5)c5ccccc5-c5ccccc5-c5ccccc54)cc3)cc21. The molecule has 2 aliphatic carbocycles. The molecule has 0 radical (unpaired) electrons. The number of rotatable bonds is 11. The van der Waals surface area contributed by atoms with E-state index in [0.717, 1.165) is 50.8 Å². The van der Waals surface area contributed by atoms with Crippen LogP contribution in [0.4, 0.5) is 34.1 Å². The lowest BCUT2D eigenvalue weighted by Crippen LogP contribution is -2.33. The van der Waals surface area contributed by atoms with Gasteiger partial charge in [-0.15, -0.1) is 0 Å². The van der Waals surface area contributed by atoms with Crippen LogP contribution in [0.25, 0.3) is 66.8 Å². The van der Waals surface area contributed by atoms with E-state index >= 15 is 0 Å². The van der Waals surface area contributed by atoms with Crippen LogP contribution in [0.15, 0.2) is 328 Å². The minimum atomic E-state index is -0.869. The first-order chi connectivity index (χ1) is 41.4. The highest BCUT2D eigenvalue weighted by molar-refractivity contribution is 5.95. The Balaban J connectivity index is 0.974. The summed E-state index contributed by atoms with van der Waals surface area (Å²) >= 11 is 0. The Morgan fingerprint density at radius 1 is 0.214 bits per heavy atom. The molecule has 0 fully saturated rings. The predicted octanol–water partition coefficient (Wildman–Crippen LogP) is 22.0. The molecular formula is C82H60N2. The van der Waals surface area contributed by atoms with Gasteiger partial charge in [-0.1, -0.05) is 275 Å². The highest BCUT2D eigenvalue weighted by atomic mass is 15.2. The highest BCUT2D eigenvalue weighted by Crippen LogP contribution is 2.58. The Morgan fingerprint density at radius 3 is 1.11 bits per heavy atom. The van der Waals surface area contributed by atoms with E-state index in [-0.39, 0.29) is 5.41 Å². The molecule has 0 bridgehead atoms. The second-order valence-corrected chi connectivity index (χ2v) is 22.8.